The van der Waals surface area contributed by atoms with Crippen molar-refractivity contribution in [1.29, 1.82) is 0 Å². The van der Waals surface area contributed by atoms with Crippen LogP contribution in [0.1, 0.15) is 46.5 Å². The number of allylic oxidation sites excluding steroid dienone is 2. The number of nitrogens with one attached hydrogen (secondary N) is 1. The molecule has 0 aromatic carbocycles. The predicted octanol–water partition coefficient (Wildman–Crippen LogP) is 6.19. The maximum atomic E-state index is 14.1. The zero-order chi connectivity index (χ0) is 27.4. The third-order valence-corrected chi connectivity index (χ3v) is 13.4. The van der Waals surface area contributed by atoms with E-state index in [2.05, 4.69) is 62.0 Å². The Morgan fingerprint density at radius 2 is 1.92 bits per heavy atom. The highest BCUT2D eigenvalue weighted by molar-refractivity contribution is 6.74. The van der Waals surface area contributed by atoms with Crippen molar-refractivity contribution in [3.8, 4) is 11.1 Å². The average Bonchev–Trinajstić information content (AvgIpc) is 3.61. The lowest BCUT2D eigenvalue weighted by Gasteiger charge is -2.39. The van der Waals surface area contributed by atoms with E-state index in [0.717, 1.165) is 59.1 Å². The van der Waals surface area contributed by atoms with Gasteiger partial charge in [-0.15, -0.1) is 0 Å². The van der Waals surface area contributed by atoms with Crippen LogP contribution in [-0.2, 0) is 15.7 Å². The summed E-state index contributed by atoms with van der Waals surface area (Å²) in [7, 11) is -1.99. The van der Waals surface area contributed by atoms with Gasteiger partial charge < -0.3 is 14.1 Å². The summed E-state index contributed by atoms with van der Waals surface area (Å²) in [4.78, 5) is 26.7. The molecule has 1 aliphatic carbocycles. The molecule has 4 aromatic heterocycles. The molecule has 2 atom stereocenters. The molecule has 0 amide bonds. The van der Waals surface area contributed by atoms with E-state index in [4.69, 9.17) is 14.1 Å². The lowest BCUT2D eigenvalue weighted by Crippen LogP contribution is -2.46. The molecule has 6 rings (SSSR count). The van der Waals surface area contributed by atoms with Crippen LogP contribution in [-0.4, -0.2) is 51.7 Å². The molecule has 1 saturated heterocycles. The number of hydrogen-bond donors (Lipinski definition) is 1. The van der Waals surface area contributed by atoms with Gasteiger partial charge in [-0.25, -0.2) is 19.3 Å². The van der Waals surface area contributed by atoms with Crippen molar-refractivity contribution in [3.05, 3.63) is 53.3 Å². The predicted molar refractivity (Wildman–Crippen MR) is 158 cm³/mol. The van der Waals surface area contributed by atoms with Gasteiger partial charge in [0.25, 0.3) is 0 Å². The number of imidazole rings is 1. The van der Waals surface area contributed by atoms with Crippen LogP contribution < -0.4 is 5.69 Å². The number of fused-ring (bicyclic) bond motifs is 2. The Labute approximate surface area is 230 Å². The van der Waals surface area contributed by atoms with Gasteiger partial charge in [-0.3, -0.25) is 4.57 Å². The minimum Gasteiger partial charge on any atom is -0.411 e. The van der Waals surface area contributed by atoms with Gasteiger partial charge in [0, 0.05) is 53.3 Å². The van der Waals surface area contributed by atoms with Crippen molar-refractivity contribution < 1.29 is 9.16 Å². The van der Waals surface area contributed by atoms with Crippen LogP contribution in [0.15, 0.2) is 47.7 Å². The molecule has 8 nitrogen and oxygen atoms in total. The van der Waals surface area contributed by atoms with E-state index >= 15 is 0 Å². The lowest BCUT2D eigenvalue weighted by atomic mass is 10.0. The zero-order valence-electron chi connectivity index (χ0n) is 23.7. The maximum absolute atomic E-state index is 14.1. The maximum Gasteiger partial charge on any atom is 0.334 e. The van der Waals surface area contributed by atoms with E-state index < -0.39 is 8.32 Å². The molecule has 0 spiro atoms. The van der Waals surface area contributed by atoms with E-state index in [1.165, 1.54) is 0 Å². The van der Waals surface area contributed by atoms with Crippen LogP contribution in [0.3, 0.4) is 0 Å². The molecule has 0 radical (unpaired) electrons. The molecule has 0 saturated carbocycles. The van der Waals surface area contributed by atoms with Crippen LogP contribution >= 0.6 is 0 Å². The summed E-state index contributed by atoms with van der Waals surface area (Å²) in [5.41, 5.74) is 5.36. The van der Waals surface area contributed by atoms with E-state index in [1.807, 2.05) is 33.8 Å². The first-order chi connectivity index (χ1) is 18.6. The number of H-pyrrole nitrogens is 1. The highest BCUT2D eigenvalue weighted by Crippen LogP contribution is 2.39. The van der Waals surface area contributed by atoms with E-state index in [1.54, 1.807) is 0 Å². The normalized spacial score (nSPS) is 20.7. The molecule has 4 aromatic rings. The molecule has 0 bridgehead atoms. The van der Waals surface area contributed by atoms with Gasteiger partial charge in [-0.2, -0.15) is 0 Å². The quantitative estimate of drug-likeness (QED) is 0.292. The van der Waals surface area contributed by atoms with Crippen LogP contribution in [0.25, 0.3) is 39.0 Å². The molecular weight excluding hydrogens is 506 g/mol. The third-order valence-electron chi connectivity index (χ3n) is 8.87. The first kappa shape index (κ1) is 26.2. The second-order valence-electron chi connectivity index (χ2n) is 12.6. The molecule has 2 unspecified atom stereocenters. The van der Waals surface area contributed by atoms with Gasteiger partial charge in [0.2, 0.25) is 0 Å². The Morgan fingerprint density at radius 3 is 2.69 bits per heavy atom. The third kappa shape index (κ3) is 4.81. The lowest BCUT2D eigenvalue weighted by molar-refractivity contribution is 0.122. The summed E-state index contributed by atoms with van der Waals surface area (Å²) in [6.07, 6.45) is 11.9. The summed E-state index contributed by atoms with van der Waals surface area (Å²) in [5.74, 6) is 0.0951. The van der Waals surface area contributed by atoms with E-state index in [0.29, 0.717) is 25.4 Å². The number of rotatable bonds is 6. The summed E-state index contributed by atoms with van der Waals surface area (Å²) in [6, 6.07) is 6.22. The number of pyridine rings is 2. The highest BCUT2D eigenvalue weighted by atomic mass is 28.4. The number of ether oxygens (including phenoxy) is 1. The number of aromatic amines is 1. The Morgan fingerprint density at radius 1 is 1.13 bits per heavy atom. The summed E-state index contributed by atoms with van der Waals surface area (Å²) >= 11 is 0. The molecule has 2 aliphatic rings. The van der Waals surface area contributed by atoms with Crippen LogP contribution in [0.2, 0.25) is 18.1 Å². The molecule has 1 fully saturated rings. The summed E-state index contributed by atoms with van der Waals surface area (Å²) in [5, 5.41) is 1.15. The minimum absolute atomic E-state index is 0.0265. The Bertz CT molecular complexity index is 1610. The SMILES string of the molecule is CC(C)(C)[Si](C)(C)OC1COCC1Cn1c(=O)n(C2=CCCCC2)c2ncc(-c3cnc4[nH]ccc4c3)cc21. The van der Waals surface area contributed by atoms with Crippen LogP contribution in [0, 0.1) is 5.92 Å². The van der Waals surface area contributed by atoms with Crippen molar-refractivity contribution in [1.82, 2.24) is 24.1 Å². The van der Waals surface area contributed by atoms with Crippen molar-refractivity contribution in [2.75, 3.05) is 13.2 Å². The average molecular weight is 546 g/mol. The van der Waals surface area contributed by atoms with E-state index in [-0.39, 0.29) is 22.7 Å². The monoisotopic (exact) mass is 545 g/mol. The second kappa shape index (κ2) is 9.87. The topological polar surface area (TPSA) is 87.0 Å². The molecule has 5 heterocycles. The zero-order valence-corrected chi connectivity index (χ0v) is 24.7. The van der Waals surface area contributed by atoms with Crippen molar-refractivity contribution in [2.45, 2.75) is 77.2 Å². The van der Waals surface area contributed by atoms with Crippen LogP contribution in [0.4, 0.5) is 0 Å². The highest BCUT2D eigenvalue weighted by Gasteiger charge is 2.42. The fourth-order valence-electron chi connectivity index (χ4n) is 5.52. The largest absolute Gasteiger partial charge is 0.411 e. The fraction of sp³-hybridized carbons (Fsp3) is 0.500. The second-order valence-corrected chi connectivity index (χ2v) is 17.3. The molecule has 1 N–H and O–H groups in total. The van der Waals surface area contributed by atoms with Crippen molar-refractivity contribution in [2.24, 2.45) is 5.92 Å². The Kier molecular flexibility index (Phi) is 6.64. The van der Waals surface area contributed by atoms with Gasteiger partial charge in [-0.05, 0) is 62.0 Å². The summed E-state index contributed by atoms with van der Waals surface area (Å²) < 4.78 is 16.5. The smallest absolute Gasteiger partial charge is 0.334 e. The minimum atomic E-state index is -1.99. The van der Waals surface area contributed by atoms with Gasteiger partial charge in [0.1, 0.15) is 5.65 Å². The molecular formula is C30H39N5O3Si. The van der Waals surface area contributed by atoms with E-state index in [9.17, 15) is 4.79 Å². The Hall–Kier alpha value is -3.01. The number of hydrogen-bond acceptors (Lipinski definition) is 5. The molecule has 206 valence electrons. The molecule has 1 aliphatic heterocycles. The first-order valence-electron chi connectivity index (χ1n) is 14.1. The summed E-state index contributed by atoms with van der Waals surface area (Å²) in [6.45, 7) is 13.0. The Balaban J connectivity index is 1.42. The van der Waals surface area contributed by atoms with Gasteiger partial charge >= 0.3 is 5.69 Å². The van der Waals surface area contributed by atoms with Gasteiger partial charge in [0.05, 0.1) is 24.8 Å². The fourth-order valence-corrected chi connectivity index (χ4v) is 6.89. The molecule has 9 heteroatoms. The first-order valence-corrected chi connectivity index (χ1v) is 17.0. The van der Waals surface area contributed by atoms with Gasteiger partial charge in [-0.1, -0.05) is 26.8 Å². The number of nitrogens with zero attached hydrogens (tertiary/aromatic N) is 4. The van der Waals surface area contributed by atoms with Gasteiger partial charge in [0.15, 0.2) is 14.0 Å². The molecule has 39 heavy (non-hydrogen) atoms. The van der Waals surface area contributed by atoms with Crippen LogP contribution in [0.5, 0.6) is 0 Å². The number of aromatic nitrogens is 5. The van der Waals surface area contributed by atoms with Crippen molar-refractivity contribution in [3.63, 3.8) is 0 Å². The van der Waals surface area contributed by atoms with Crippen molar-refractivity contribution >= 4 is 36.2 Å². The standard InChI is InChI=1S/C30H39N5O3Si/c1-30(2,3)39(4,5)38-26-19-37-18-23(26)17-34-25-14-22(21-13-20-11-12-31-27(20)32-15-21)16-33-28(25)35(29(34)36)24-9-7-6-8-10-24/h9,11-16,23,26H,6-8,10,17-19H2,1-5H3,(H,31,32).